The van der Waals surface area contributed by atoms with E-state index in [0.29, 0.717) is 56.5 Å². The molecule has 0 spiro atoms. The molecule has 2 aliphatic heterocycles. The second-order valence-electron chi connectivity index (χ2n) is 6.42. The number of rotatable bonds is 4. The molecule has 1 aromatic heterocycles. The summed E-state index contributed by atoms with van der Waals surface area (Å²) in [5.41, 5.74) is 0.565. The second-order valence-corrected chi connectivity index (χ2v) is 6.42. The molecule has 4 rings (SSSR count). The zero-order valence-corrected chi connectivity index (χ0v) is 15.4. The average molecular weight is 369 g/mol. The minimum atomic E-state index is -0.0226. The highest BCUT2D eigenvalue weighted by Gasteiger charge is 2.27. The van der Waals surface area contributed by atoms with Crippen LogP contribution in [0.5, 0.6) is 11.5 Å². The van der Waals surface area contributed by atoms with E-state index in [9.17, 15) is 4.79 Å². The number of nitrogens with one attached hydrogen (secondary N) is 1. The van der Waals surface area contributed by atoms with E-state index in [1.54, 1.807) is 6.07 Å². The number of piperazine rings is 1. The summed E-state index contributed by atoms with van der Waals surface area (Å²) in [6.45, 7) is 6.49. The Labute approximate surface area is 158 Å². The van der Waals surface area contributed by atoms with Crippen molar-refractivity contribution < 1.29 is 14.3 Å². The van der Waals surface area contributed by atoms with Crippen molar-refractivity contribution in [2.45, 2.75) is 6.92 Å². The number of benzene rings is 1. The van der Waals surface area contributed by atoms with Gasteiger partial charge in [-0.3, -0.25) is 4.79 Å². The summed E-state index contributed by atoms with van der Waals surface area (Å²) in [6.07, 6.45) is 0. The second kappa shape index (κ2) is 7.69. The Bertz CT molecular complexity index is 803. The topological polar surface area (TPSA) is 79.8 Å². The molecule has 1 amide bonds. The molecular formula is C19H23N5O3. The molecule has 0 radical (unpaired) electrons. The lowest BCUT2D eigenvalue weighted by atomic mass is 10.1. The quantitative estimate of drug-likeness (QED) is 0.878. The highest BCUT2D eigenvalue weighted by molar-refractivity contribution is 5.98. The van der Waals surface area contributed by atoms with E-state index in [-0.39, 0.29) is 5.91 Å². The highest BCUT2D eigenvalue weighted by Crippen LogP contribution is 2.34. The number of nitrogens with zero attached hydrogens (tertiary/aromatic N) is 4. The van der Waals surface area contributed by atoms with Gasteiger partial charge in [-0.25, -0.2) is 0 Å². The first-order valence-corrected chi connectivity index (χ1v) is 9.26. The standard InChI is InChI=1S/C19H23N5O3/c1-2-20-16-6-7-17(22-21-16)23-8-10-24(11-9-23)19(25)14-4-3-5-15-18(14)27-13-12-26-15/h3-7H,2,8-13H2,1H3,(H,20,21). The van der Waals surface area contributed by atoms with Gasteiger partial charge in [-0.05, 0) is 31.2 Å². The third kappa shape index (κ3) is 3.60. The van der Waals surface area contributed by atoms with Crippen LogP contribution in [-0.2, 0) is 0 Å². The fourth-order valence-corrected chi connectivity index (χ4v) is 3.32. The maximum atomic E-state index is 13.0. The first-order chi connectivity index (χ1) is 13.3. The van der Waals surface area contributed by atoms with Gasteiger partial charge < -0.3 is 24.6 Å². The number of carbonyl (C=O) groups is 1. The number of fused-ring (bicyclic) bond motifs is 1. The molecule has 8 nitrogen and oxygen atoms in total. The summed E-state index contributed by atoms with van der Waals surface area (Å²) >= 11 is 0. The number of ether oxygens (including phenoxy) is 2. The predicted octanol–water partition coefficient (Wildman–Crippen LogP) is 1.64. The minimum absolute atomic E-state index is 0.0226. The Kier molecular flexibility index (Phi) is 4.95. The molecule has 3 heterocycles. The van der Waals surface area contributed by atoms with Crippen molar-refractivity contribution in [3.8, 4) is 11.5 Å². The largest absolute Gasteiger partial charge is 0.486 e. The van der Waals surface area contributed by atoms with Gasteiger partial charge in [-0.15, -0.1) is 10.2 Å². The summed E-state index contributed by atoms with van der Waals surface area (Å²) < 4.78 is 11.3. The van der Waals surface area contributed by atoms with Crippen LogP contribution in [0.25, 0.3) is 0 Å². The molecule has 8 heteroatoms. The Morgan fingerprint density at radius 3 is 2.63 bits per heavy atom. The zero-order valence-electron chi connectivity index (χ0n) is 15.4. The number of amides is 1. The number of aromatic nitrogens is 2. The number of carbonyl (C=O) groups excluding carboxylic acids is 1. The molecule has 1 N–H and O–H groups in total. The van der Waals surface area contributed by atoms with Crippen molar-refractivity contribution >= 4 is 17.5 Å². The first-order valence-electron chi connectivity index (χ1n) is 9.26. The van der Waals surface area contributed by atoms with Crippen molar-refractivity contribution in [1.29, 1.82) is 0 Å². The molecule has 0 aliphatic carbocycles. The van der Waals surface area contributed by atoms with Crippen molar-refractivity contribution in [2.24, 2.45) is 0 Å². The number of hydrogen-bond donors (Lipinski definition) is 1. The fraction of sp³-hybridized carbons (Fsp3) is 0.421. The Hall–Kier alpha value is -3.03. The summed E-state index contributed by atoms with van der Waals surface area (Å²) in [5.74, 6) is 2.78. The first kappa shape index (κ1) is 17.4. The van der Waals surface area contributed by atoms with Crippen LogP contribution in [-0.4, -0.2) is 66.9 Å². The van der Waals surface area contributed by atoms with Gasteiger partial charge in [0.05, 0.1) is 5.56 Å². The molecule has 27 heavy (non-hydrogen) atoms. The van der Waals surface area contributed by atoms with E-state index < -0.39 is 0 Å². The average Bonchev–Trinajstić information content (AvgIpc) is 2.74. The molecular weight excluding hydrogens is 346 g/mol. The van der Waals surface area contributed by atoms with Crippen LogP contribution in [0.15, 0.2) is 30.3 Å². The monoisotopic (exact) mass is 369 g/mol. The van der Waals surface area contributed by atoms with E-state index >= 15 is 0 Å². The molecule has 0 bridgehead atoms. The van der Waals surface area contributed by atoms with E-state index in [1.807, 2.05) is 36.1 Å². The van der Waals surface area contributed by atoms with Crippen LogP contribution < -0.4 is 19.7 Å². The number of hydrogen-bond acceptors (Lipinski definition) is 7. The molecule has 2 aliphatic rings. The maximum absolute atomic E-state index is 13.0. The van der Waals surface area contributed by atoms with Gasteiger partial charge >= 0.3 is 0 Å². The van der Waals surface area contributed by atoms with E-state index in [4.69, 9.17) is 9.47 Å². The van der Waals surface area contributed by atoms with E-state index in [2.05, 4.69) is 20.4 Å². The smallest absolute Gasteiger partial charge is 0.257 e. The van der Waals surface area contributed by atoms with Crippen molar-refractivity contribution in [3.05, 3.63) is 35.9 Å². The summed E-state index contributed by atoms with van der Waals surface area (Å²) in [6, 6.07) is 9.35. The van der Waals surface area contributed by atoms with Crippen LogP contribution in [0.2, 0.25) is 0 Å². The fourth-order valence-electron chi connectivity index (χ4n) is 3.32. The lowest BCUT2D eigenvalue weighted by Gasteiger charge is -2.35. The van der Waals surface area contributed by atoms with Gasteiger partial charge in [0.15, 0.2) is 17.3 Å². The van der Waals surface area contributed by atoms with Gasteiger partial charge in [0.2, 0.25) is 0 Å². The van der Waals surface area contributed by atoms with Crippen LogP contribution in [0, 0.1) is 0 Å². The molecule has 0 unspecified atom stereocenters. The number of anilines is 2. The lowest BCUT2D eigenvalue weighted by molar-refractivity contribution is 0.0736. The summed E-state index contributed by atoms with van der Waals surface area (Å²) in [7, 11) is 0. The normalized spacial score (nSPS) is 16.2. The molecule has 1 saturated heterocycles. The van der Waals surface area contributed by atoms with Gasteiger partial charge in [0.25, 0.3) is 5.91 Å². The van der Waals surface area contributed by atoms with E-state index in [1.165, 1.54) is 0 Å². The van der Waals surface area contributed by atoms with Crippen molar-refractivity contribution in [2.75, 3.05) is 56.2 Å². The molecule has 1 fully saturated rings. The third-order valence-corrected chi connectivity index (χ3v) is 4.70. The Morgan fingerprint density at radius 1 is 1.07 bits per heavy atom. The molecule has 0 saturated carbocycles. The zero-order chi connectivity index (χ0) is 18.6. The summed E-state index contributed by atoms with van der Waals surface area (Å²) in [5, 5.41) is 11.6. The Balaban J connectivity index is 1.41. The van der Waals surface area contributed by atoms with Gasteiger partial charge in [-0.1, -0.05) is 6.07 Å². The van der Waals surface area contributed by atoms with Gasteiger partial charge in [-0.2, -0.15) is 0 Å². The van der Waals surface area contributed by atoms with Gasteiger partial charge in [0, 0.05) is 32.7 Å². The Morgan fingerprint density at radius 2 is 1.89 bits per heavy atom. The van der Waals surface area contributed by atoms with Crippen LogP contribution in [0.3, 0.4) is 0 Å². The van der Waals surface area contributed by atoms with Crippen LogP contribution in [0.4, 0.5) is 11.6 Å². The maximum Gasteiger partial charge on any atom is 0.257 e. The van der Waals surface area contributed by atoms with E-state index in [0.717, 1.165) is 18.2 Å². The lowest BCUT2D eigenvalue weighted by Crippen LogP contribution is -2.49. The van der Waals surface area contributed by atoms with Crippen molar-refractivity contribution in [3.63, 3.8) is 0 Å². The molecule has 0 atom stereocenters. The van der Waals surface area contributed by atoms with Crippen molar-refractivity contribution in [1.82, 2.24) is 15.1 Å². The van der Waals surface area contributed by atoms with Crippen LogP contribution >= 0.6 is 0 Å². The third-order valence-electron chi connectivity index (χ3n) is 4.70. The molecule has 1 aromatic carbocycles. The predicted molar refractivity (Wildman–Crippen MR) is 102 cm³/mol. The SMILES string of the molecule is CCNc1ccc(N2CCN(C(=O)c3cccc4c3OCCO4)CC2)nn1. The number of para-hydroxylation sites is 1. The molecule has 142 valence electrons. The summed E-state index contributed by atoms with van der Waals surface area (Å²) in [4.78, 5) is 17.0. The van der Waals surface area contributed by atoms with Gasteiger partial charge in [0.1, 0.15) is 19.0 Å². The minimum Gasteiger partial charge on any atom is -0.486 e. The highest BCUT2D eigenvalue weighted by atomic mass is 16.6. The van der Waals surface area contributed by atoms with Crippen LogP contribution in [0.1, 0.15) is 17.3 Å². The molecule has 2 aromatic rings.